The molecule has 0 aliphatic rings. The summed E-state index contributed by atoms with van der Waals surface area (Å²) in [5.74, 6) is 0.00830. The van der Waals surface area contributed by atoms with E-state index in [4.69, 9.17) is 16.3 Å². The number of para-hydroxylation sites is 1. The third-order valence-corrected chi connectivity index (χ3v) is 3.17. The number of halogens is 1. The highest BCUT2D eigenvalue weighted by atomic mass is 35.5. The van der Waals surface area contributed by atoms with Gasteiger partial charge in [0.1, 0.15) is 0 Å². The molecule has 0 aliphatic heterocycles. The van der Waals surface area contributed by atoms with Crippen molar-refractivity contribution in [1.29, 1.82) is 0 Å². The van der Waals surface area contributed by atoms with Gasteiger partial charge in [-0.1, -0.05) is 43.6 Å². The minimum atomic E-state index is -0.315. The smallest absolute Gasteiger partial charge is 0.311 e. The molecule has 3 nitrogen and oxygen atoms in total. The van der Waals surface area contributed by atoms with Crippen LogP contribution in [0.2, 0.25) is 5.02 Å². The Morgan fingerprint density at radius 1 is 1.39 bits per heavy atom. The summed E-state index contributed by atoms with van der Waals surface area (Å²) in [5, 5.41) is 1.26. The standard InChI is InChI=1S/C14H14ClNO2/c1-3-9-6-5-7-10-13(15)11(8-16-14(9)10)18-12(17)4-2/h5-8H,3-4H2,1-2H3. The van der Waals surface area contributed by atoms with Crippen LogP contribution in [0.25, 0.3) is 10.9 Å². The number of pyridine rings is 1. The summed E-state index contributed by atoms with van der Waals surface area (Å²) >= 11 is 6.25. The highest BCUT2D eigenvalue weighted by Crippen LogP contribution is 2.32. The molecule has 2 aromatic rings. The van der Waals surface area contributed by atoms with Crippen LogP contribution in [0.5, 0.6) is 5.75 Å². The van der Waals surface area contributed by atoms with Crippen LogP contribution in [-0.4, -0.2) is 11.0 Å². The van der Waals surface area contributed by atoms with Crippen LogP contribution in [0.15, 0.2) is 24.4 Å². The fourth-order valence-corrected chi connectivity index (χ4v) is 2.02. The number of carbonyl (C=O) groups is 1. The van der Waals surface area contributed by atoms with Crippen molar-refractivity contribution in [3.63, 3.8) is 0 Å². The molecule has 1 aromatic carbocycles. The summed E-state index contributed by atoms with van der Waals surface area (Å²) in [7, 11) is 0. The summed E-state index contributed by atoms with van der Waals surface area (Å²) in [6.45, 7) is 3.80. The Morgan fingerprint density at radius 2 is 2.17 bits per heavy atom. The molecule has 0 N–H and O–H groups in total. The molecule has 0 radical (unpaired) electrons. The van der Waals surface area contributed by atoms with Crippen molar-refractivity contribution in [2.45, 2.75) is 26.7 Å². The quantitative estimate of drug-likeness (QED) is 0.792. The predicted octanol–water partition coefficient (Wildman–Crippen LogP) is 3.77. The fraction of sp³-hybridized carbons (Fsp3) is 0.286. The van der Waals surface area contributed by atoms with Gasteiger partial charge in [0.05, 0.1) is 16.7 Å². The van der Waals surface area contributed by atoms with Gasteiger partial charge >= 0.3 is 5.97 Å². The molecule has 0 bridgehead atoms. The number of aryl methyl sites for hydroxylation is 1. The molecule has 0 saturated heterocycles. The van der Waals surface area contributed by atoms with E-state index in [1.807, 2.05) is 18.2 Å². The number of carbonyl (C=O) groups excluding carboxylic acids is 1. The van der Waals surface area contributed by atoms with E-state index in [0.717, 1.165) is 22.9 Å². The van der Waals surface area contributed by atoms with Crippen LogP contribution in [0, 0.1) is 0 Å². The van der Waals surface area contributed by atoms with Crippen LogP contribution in [0.4, 0.5) is 0 Å². The van der Waals surface area contributed by atoms with Crippen LogP contribution in [0.3, 0.4) is 0 Å². The Kier molecular flexibility index (Phi) is 3.82. The number of rotatable bonds is 3. The summed E-state index contributed by atoms with van der Waals surface area (Å²) in [4.78, 5) is 15.6. The lowest BCUT2D eigenvalue weighted by atomic mass is 10.1. The summed E-state index contributed by atoms with van der Waals surface area (Å²) in [6, 6.07) is 5.83. The average Bonchev–Trinajstić information content (AvgIpc) is 2.41. The number of ether oxygens (including phenoxy) is 1. The van der Waals surface area contributed by atoms with Crippen molar-refractivity contribution in [3.05, 3.63) is 35.0 Å². The molecule has 18 heavy (non-hydrogen) atoms. The zero-order chi connectivity index (χ0) is 13.1. The molecular weight excluding hydrogens is 250 g/mol. The van der Waals surface area contributed by atoms with Crippen LogP contribution in [-0.2, 0) is 11.2 Å². The molecule has 1 aromatic heterocycles. The molecule has 0 spiro atoms. The van der Waals surface area contributed by atoms with Crippen LogP contribution < -0.4 is 4.74 Å². The number of fused-ring (bicyclic) bond motifs is 1. The zero-order valence-corrected chi connectivity index (χ0v) is 11.1. The summed E-state index contributed by atoms with van der Waals surface area (Å²) in [5.41, 5.74) is 1.99. The summed E-state index contributed by atoms with van der Waals surface area (Å²) in [6.07, 6.45) is 2.70. The van der Waals surface area contributed by atoms with Crippen LogP contribution >= 0.6 is 11.6 Å². The minimum absolute atomic E-state index is 0.309. The first-order chi connectivity index (χ1) is 8.67. The maximum absolute atomic E-state index is 11.3. The highest BCUT2D eigenvalue weighted by molar-refractivity contribution is 6.37. The third kappa shape index (κ3) is 2.31. The monoisotopic (exact) mass is 263 g/mol. The Labute approximate surface area is 111 Å². The Balaban J connectivity index is 2.54. The van der Waals surface area contributed by atoms with Crippen molar-refractivity contribution in [2.24, 2.45) is 0 Å². The second-order valence-electron chi connectivity index (χ2n) is 3.93. The average molecular weight is 264 g/mol. The third-order valence-electron chi connectivity index (χ3n) is 2.78. The number of hydrogen-bond acceptors (Lipinski definition) is 3. The van der Waals surface area contributed by atoms with Gasteiger partial charge in [0.2, 0.25) is 0 Å². The van der Waals surface area contributed by atoms with Gasteiger partial charge in [0.15, 0.2) is 5.75 Å². The largest absolute Gasteiger partial charge is 0.423 e. The van der Waals surface area contributed by atoms with E-state index in [-0.39, 0.29) is 5.97 Å². The molecule has 0 unspecified atom stereocenters. The maximum atomic E-state index is 11.3. The van der Waals surface area contributed by atoms with Crippen molar-refractivity contribution < 1.29 is 9.53 Å². The molecule has 0 fully saturated rings. The highest BCUT2D eigenvalue weighted by Gasteiger charge is 2.12. The fourth-order valence-electron chi connectivity index (χ4n) is 1.78. The zero-order valence-electron chi connectivity index (χ0n) is 10.4. The molecule has 2 rings (SSSR count). The lowest BCUT2D eigenvalue weighted by Crippen LogP contribution is -2.06. The predicted molar refractivity (Wildman–Crippen MR) is 72.1 cm³/mol. The SMILES string of the molecule is CCC(=O)Oc1cnc2c(CC)cccc2c1Cl. The Morgan fingerprint density at radius 3 is 2.83 bits per heavy atom. The molecule has 0 atom stereocenters. The van der Waals surface area contributed by atoms with Gasteiger partial charge in [0, 0.05) is 11.8 Å². The molecular formula is C14H14ClNO2. The normalized spacial score (nSPS) is 10.6. The molecule has 0 aliphatic carbocycles. The number of hydrogen-bond donors (Lipinski definition) is 0. The van der Waals surface area contributed by atoms with E-state index in [1.54, 1.807) is 6.92 Å². The number of benzene rings is 1. The molecule has 1 heterocycles. The van der Waals surface area contributed by atoms with Gasteiger partial charge in [-0.2, -0.15) is 0 Å². The van der Waals surface area contributed by atoms with E-state index in [0.29, 0.717) is 17.2 Å². The lowest BCUT2D eigenvalue weighted by molar-refractivity contribution is -0.134. The second kappa shape index (κ2) is 5.36. The summed E-state index contributed by atoms with van der Waals surface area (Å²) < 4.78 is 5.14. The minimum Gasteiger partial charge on any atom is -0.423 e. The molecule has 4 heteroatoms. The van der Waals surface area contributed by atoms with Gasteiger partial charge in [-0.15, -0.1) is 0 Å². The second-order valence-corrected chi connectivity index (χ2v) is 4.31. The Bertz CT molecular complexity index is 596. The van der Waals surface area contributed by atoms with Gasteiger partial charge in [-0.25, -0.2) is 0 Å². The Hall–Kier alpha value is -1.61. The van der Waals surface area contributed by atoms with E-state index in [2.05, 4.69) is 11.9 Å². The number of esters is 1. The van der Waals surface area contributed by atoms with Crippen molar-refractivity contribution in [3.8, 4) is 5.75 Å². The number of nitrogens with zero attached hydrogens (tertiary/aromatic N) is 1. The molecule has 94 valence electrons. The first-order valence-corrected chi connectivity index (χ1v) is 6.32. The van der Waals surface area contributed by atoms with Crippen molar-refractivity contribution in [2.75, 3.05) is 0 Å². The molecule has 0 saturated carbocycles. The van der Waals surface area contributed by atoms with E-state index in [1.165, 1.54) is 6.20 Å². The van der Waals surface area contributed by atoms with Gasteiger partial charge in [0.25, 0.3) is 0 Å². The lowest BCUT2D eigenvalue weighted by Gasteiger charge is -2.09. The van der Waals surface area contributed by atoms with Crippen molar-refractivity contribution >= 4 is 28.5 Å². The van der Waals surface area contributed by atoms with E-state index < -0.39 is 0 Å². The molecule has 0 amide bonds. The van der Waals surface area contributed by atoms with Gasteiger partial charge in [-0.3, -0.25) is 9.78 Å². The topological polar surface area (TPSA) is 39.2 Å². The maximum Gasteiger partial charge on any atom is 0.311 e. The first-order valence-electron chi connectivity index (χ1n) is 5.94. The van der Waals surface area contributed by atoms with E-state index in [9.17, 15) is 4.79 Å². The van der Waals surface area contributed by atoms with Gasteiger partial charge in [-0.05, 0) is 12.0 Å². The van der Waals surface area contributed by atoms with Crippen LogP contribution in [0.1, 0.15) is 25.8 Å². The van der Waals surface area contributed by atoms with Crippen molar-refractivity contribution in [1.82, 2.24) is 4.98 Å². The number of aromatic nitrogens is 1. The van der Waals surface area contributed by atoms with E-state index >= 15 is 0 Å². The first kappa shape index (κ1) is 12.8. The van der Waals surface area contributed by atoms with Gasteiger partial charge < -0.3 is 4.74 Å².